The van der Waals surface area contributed by atoms with Crippen LogP contribution in [0.25, 0.3) is 0 Å². The Bertz CT molecular complexity index is 274. The van der Waals surface area contributed by atoms with Crippen LogP contribution in [0.5, 0.6) is 0 Å². The maximum absolute atomic E-state index is 11.0. The van der Waals surface area contributed by atoms with Gasteiger partial charge in [0.25, 0.3) is 0 Å². The van der Waals surface area contributed by atoms with E-state index in [2.05, 4.69) is 4.84 Å². The van der Waals surface area contributed by atoms with Crippen molar-refractivity contribution in [2.75, 3.05) is 0 Å². The Labute approximate surface area is 75.2 Å². The van der Waals surface area contributed by atoms with Gasteiger partial charge in [-0.3, -0.25) is 4.79 Å². The van der Waals surface area contributed by atoms with Gasteiger partial charge in [-0.15, -0.1) is 0 Å². The van der Waals surface area contributed by atoms with Crippen molar-refractivity contribution in [2.24, 2.45) is 0 Å². The standard InChI is InChI=1S/C8H7NO3.H3N/c10-6-9-12-8(11)7-4-2-1-3-5-7;/h1-6H,(H,9,10);1H3. The van der Waals surface area contributed by atoms with E-state index in [4.69, 9.17) is 0 Å². The van der Waals surface area contributed by atoms with Crippen molar-refractivity contribution in [1.82, 2.24) is 11.6 Å². The Morgan fingerprint density at radius 3 is 2.46 bits per heavy atom. The van der Waals surface area contributed by atoms with Gasteiger partial charge in [0.05, 0.1) is 5.56 Å². The summed E-state index contributed by atoms with van der Waals surface area (Å²) < 4.78 is 0. The van der Waals surface area contributed by atoms with Crippen LogP contribution in [0.1, 0.15) is 10.4 Å². The Morgan fingerprint density at radius 2 is 1.92 bits per heavy atom. The number of benzene rings is 1. The van der Waals surface area contributed by atoms with E-state index >= 15 is 0 Å². The van der Waals surface area contributed by atoms with E-state index in [-0.39, 0.29) is 6.15 Å². The fraction of sp³-hybridized carbons (Fsp3) is 0. The smallest absolute Gasteiger partial charge is 0.344 e. The number of carbonyl (C=O) groups excluding carboxylic acids is 2. The molecule has 0 aliphatic heterocycles. The highest BCUT2D eigenvalue weighted by Crippen LogP contribution is 1.98. The maximum atomic E-state index is 11.0. The van der Waals surface area contributed by atoms with Crippen molar-refractivity contribution in [2.45, 2.75) is 0 Å². The lowest BCUT2D eigenvalue weighted by Crippen LogP contribution is -2.17. The molecule has 5 heteroatoms. The molecular formula is C8H10N2O3. The predicted octanol–water partition coefficient (Wildman–Crippen LogP) is 0.666. The van der Waals surface area contributed by atoms with Crippen molar-refractivity contribution in [3.63, 3.8) is 0 Å². The molecule has 0 saturated carbocycles. The number of rotatable bonds is 3. The van der Waals surface area contributed by atoms with Crippen molar-refractivity contribution < 1.29 is 14.4 Å². The molecule has 1 amide bonds. The van der Waals surface area contributed by atoms with Crippen LogP contribution < -0.4 is 11.6 Å². The second-order valence-corrected chi connectivity index (χ2v) is 1.99. The average molecular weight is 182 g/mol. The van der Waals surface area contributed by atoms with Crippen molar-refractivity contribution >= 4 is 12.4 Å². The second-order valence-electron chi connectivity index (χ2n) is 1.99. The van der Waals surface area contributed by atoms with Gasteiger partial charge in [-0.1, -0.05) is 18.2 Å². The summed E-state index contributed by atoms with van der Waals surface area (Å²) in [5.41, 5.74) is 2.21. The van der Waals surface area contributed by atoms with Crippen LogP contribution in [0, 0.1) is 0 Å². The first-order valence-corrected chi connectivity index (χ1v) is 3.30. The van der Waals surface area contributed by atoms with E-state index in [9.17, 15) is 9.59 Å². The van der Waals surface area contributed by atoms with Crippen molar-refractivity contribution in [3.8, 4) is 0 Å². The highest BCUT2D eigenvalue weighted by Gasteiger charge is 2.04. The molecule has 0 saturated heterocycles. The van der Waals surface area contributed by atoms with Crippen molar-refractivity contribution in [1.29, 1.82) is 0 Å². The van der Waals surface area contributed by atoms with Gasteiger partial charge in [0.2, 0.25) is 6.41 Å². The van der Waals surface area contributed by atoms with Gasteiger partial charge in [-0.2, -0.15) is 5.48 Å². The first-order chi connectivity index (χ1) is 5.84. The topological polar surface area (TPSA) is 90.4 Å². The highest BCUT2D eigenvalue weighted by molar-refractivity contribution is 5.89. The van der Waals surface area contributed by atoms with Gasteiger partial charge >= 0.3 is 5.97 Å². The highest BCUT2D eigenvalue weighted by atomic mass is 16.7. The first-order valence-electron chi connectivity index (χ1n) is 3.30. The molecular weight excluding hydrogens is 172 g/mol. The summed E-state index contributed by atoms with van der Waals surface area (Å²) in [5, 5.41) is 0. The van der Waals surface area contributed by atoms with Crippen LogP contribution in [0.4, 0.5) is 0 Å². The third-order valence-corrected chi connectivity index (χ3v) is 1.21. The Kier molecular flexibility index (Phi) is 4.90. The number of nitrogens with one attached hydrogen (secondary N) is 1. The molecule has 0 atom stereocenters. The number of carbonyl (C=O) groups is 2. The zero-order chi connectivity index (χ0) is 8.81. The molecule has 0 spiro atoms. The molecule has 70 valence electrons. The Hall–Kier alpha value is -1.88. The summed E-state index contributed by atoms with van der Waals surface area (Å²) in [4.78, 5) is 25.0. The van der Waals surface area contributed by atoms with Crippen molar-refractivity contribution in [3.05, 3.63) is 35.9 Å². The van der Waals surface area contributed by atoms with Crippen LogP contribution >= 0.6 is 0 Å². The molecule has 1 aromatic carbocycles. The van der Waals surface area contributed by atoms with Gasteiger partial charge in [0.1, 0.15) is 0 Å². The first kappa shape index (κ1) is 11.1. The average Bonchev–Trinajstić information content (AvgIpc) is 2.15. The summed E-state index contributed by atoms with van der Waals surface area (Å²) in [6.07, 6.45) is 0.292. The molecule has 0 fully saturated rings. The SMILES string of the molecule is N.O=CNOC(=O)c1ccccc1. The molecule has 1 aromatic rings. The zero-order valence-corrected chi connectivity index (χ0v) is 6.90. The third kappa shape index (κ3) is 3.35. The summed E-state index contributed by atoms with van der Waals surface area (Å²) in [6, 6.07) is 8.38. The number of amides is 1. The predicted molar refractivity (Wildman–Crippen MR) is 46.1 cm³/mol. The molecule has 0 heterocycles. The van der Waals surface area contributed by atoms with Gasteiger partial charge in [0, 0.05) is 0 Å². The largest absolute Gasteiger partial charge is 0.362 e. The minimum Gasteiger partial charge on any atom is -0.344 e. The maximum Gasteiger partial charge on any atom is 0.362 e. The fourth-order valence-electron chi connectivity index (χ4n) is 0.711. The zero-order valence-electron chi connectivity index (χ0n) is 6.90. The Balaban J connectivity index is 0.00000144. The summed E-state index contributed by atoms with van der Waals surface area (Å²) in [7, 11) is 0. The second kappa shape index (κ2) is 5.73. The van der Waals surface area contributed by atoms with Gasteiger partial charge in [-0.05, 0) is 12.1 Å². The van der Waals surface area contributed by atoms with E-state index in [1.807, 2.05) is 5.48 Å². The summed E-state index contributed by atoms with van der Waals surface area (Å²) >= 11 is 0. The molecule has 0 aliphatic rings. The molecule has 0 unspecified atom stereocenters. The van der Waals surface area contributed by atoms with Gasteiger partial charge in [-0.25, -0.2) is 4.79 Å². The van der Waals surface area contributed by atoms with Crippen LogP contribution in [-0.4, -0.2) is 12.4 Å². The van der Waals surface area contributed by atoms with E-state index < -0.39 is 5.97 Å². The van der Waals surface area contributed by atoms with Gasteiger partial charge < -0.3 is 11.0 Å². The molecule has 13 heavy (non-hydrogen) atoms. The van der Waals surface area contributed by atoms with Crippen LogP contribution in [0.15, 0.2) is 30.3 Å². The molecule has 0 bridgehead atoms. The van der Waals surface area contributed by atoms with E-state index in [0.717, 1.165) is 0 Å². The van der Waals surface area contributed by atoms with E-state index in [1.54, 1.807) is 30.3 Å². The lowest BCUT2D eigenvalue weighted by molar-refractivity contribution is -0.117. The fourth-order valence-corrected chi connectivity index (χ4v) is 0.711. The lowest BCUT2D eigenvalue weighted by atomic mass is 10.2. The molecule has 4 N–H and O–H groups in total. The molecule has 0 radical (unpaired) electrons. The molecule has 0 aromatic heterocycles. The molecule has 0 aliphatic carbocycles. The molecule has 5 nitrogen and oxygen atoms in total. The number of hydrogen-bond acceptors (Lipinski definition) is 4. The lowest BCUT2D eigenvalue weighted by Gasteiger charge is -1.99. The molecule has 1 rings (SSSR count). The monoisotopic (exact) mass is 182 g/mol. The van der Waals surface area contributed by atoms with Crippen LogP contribution in [0.2, 0.25) is 0 Å². The number of hydroxylamine groups is 1. The third-order valence-electron chi connectivity index (χ3n) is 1.21. The summed E-state index contributed by atoms with van der Waals surface area (Å²) in [5.74, 6) is -0.581. The van der Waals surface area contributed by atoms with E-state index in [0.29, 0.717) is 12.0 Å². The van der Waals surface area contributed by atoms with Gasteiger partial charge in [0.15, 0.2) is 0 Å². The minimum atomic E-state index is -0.581. The quantitative estimate of drug-likeness (QED) is 0.530. The Morgan fingerprint density at radius 1 is 1.31 bits per heavy atom. The summed E-state index contributed by atoms with van der Waals surface area (Å²) in [6.45, 7) is 0. The minimum absolute atomic E-state index is 0. The van der Waals surface area contributed by atoms with Crippen LogP contribution in [-0.2, 0) is 9.63 Å². The number of hydrogen-bond donors (Lipinski definition) is 2. The normalized spacial score (nSPS) is 8.00. The van der Waals surface area contributed by atoms with Crippen LogP contribution in [0.3, 0.4) is 0 Å². The van der Waals surface area contributed by atoms with E-state index in [1.165, 1.54) is 0 Å².